The number of hydrogen-bond acceptors (Lipinski definition) is 5. The van der Waals surface area contributed by atoms with E-state index >= 15 is 0 Å². The van der Waals surface area contributed by atoms with Crippen molar-refractivity contribution >= 4 is 17.1 Å². The van der Waals surface area contributed by atoms with Crippen molar-refractivity contribution in [3.8, 4) is 0 Å². The first-order valence-electron chi connectivity index (χ1n) is 10.6. The molecule has 0 unspecified atom stereocenters. The SMILES string of the molecule is CCCCn1c(=O)[nH]c(=O)c2c1nc(COC(=O)c1cc(C)n(CC(F)(F)F)c1C)n2CC. The summed E-state index contributed by atoms with van der Waals surface area (Å²) < 4.78 is 47.8. The van der Waals surface area contributed by atoms with E-state index in [0.29, 0.717) is 19.5 Å². The van der Waals surface area contributed by atoms with E-state index < -0.39 is 29.9 Å². The van der Waals surface area contributed by atoms with Gasteiger partial charge in [0.1, 0.15) is 19.0 Å². The van der Waals surface area contributed by atoms with Crippen LogP contribution in [0, 0.1) is 13.8 Å². The van der Waals surface area contributed by atoms with E-state index in [1.54, 1.807) is 11.5 Å². The maximum atomic E-state index is 12.8. The van der Waals surface area contributed by atoms with Crippen LogP contribution in [0.4, 0.5) is 13.2 Å². The summed E-state index contributed by atoms with van der Waals surface area (Å²) in [6.07, 6.45) is -2.89. The van der Waals surface area contributed by atoms with Crippen molar-refractivity contribution in [1.82, 2.24) is 23.7 Å². The molecule has 3 heterocycles. The molecule has 0 fully saturated rings. The average Bonchev–Trinajstić information content (AvgIpc) is 3.23. The number of fused-ring (bicyclic) bond motifs is 1. The molecule has 12 heteroatoms. The molecule has 0 amide bonds. The third-order valence-electron chi connectivity index (χ3n) is 5.48. The van der Waals surface area contributed by atoms with E-state index in [2.05, 4.69) is 9.97 Å². The first kappa shape index (κ1) is 24.3. The zero-order valence-corrected chi connectivity index (χ0v) is 18.9. The van der Waals surface area contributed by atoms with Crippen LogP contribution in [-0.2, 0) is 31.0 Å². The maximum Gasteiger partial charge on any atom is 0.406 e. The number of aryl methyl sites for hydroxylation is 3. The van der Waals surface area contributed by atoms with Crippen LogP contribution in [-0.4, -0.2) is 35.8 Å². The van der Waals surface area contributed by atoms with E-state index in [0.717, 1.165) is 11.0 Å². The van der Waals surface area contributed by atoms with Crippen LogP contribution in [0.15, 0.2) is 15.7 Å². The van der Waals surface area contributed by atoms with Gasteiger partial charge in [-0.25, -0.2) is 14.6 Å². The number of H-pyrrole nitrogens is 1. The number of hydrogen-bond donors (Lipinski definition) is 1. The van der Waals surface area contributed by atoms with Crippen LogP contribution in [0.5, 0.6) is 0 Å². The van der Waals surface area contributed by atoms with Crippen LogP contribution in [0.1, 0.15) is 54.3 Å². The quantitative estimate of drug-likeness (QED) is 0.511. The first-order chi connectivity index (χ1) is 15.5. The number of carbonyl (C=O) groups excluding carboxylic acids is 1. The second-order valence-electron chi connectivity index (χ2n) is 7.77. The maximum absolute atomic E-state index is 12.8. The van der Waals surface area contributed by atoms with Gasteiger partial charge in [-0.2, -0.15) is 13.2 Å². The number of nitrogens with one attached hydrogen (secondary N) is 1. The number of rotatable bonds is 8. The van der Waals surface area contributed by atoms with Gasteiger partial charge in [0.2, 0.25) is 0 Å². The van der Waals surface area contributed by atoms with Crippen molar-refractivity contribution in [3.05, 3.63) is 49.7 Å². The highest BCUT2D eigenvalue weighted by Gasteiger charge is 2.30. The zero-order valence-electron chi connectivity index (χ0n) is 18.9. The molecule has 3 rings (SSSR count). The molecule has 180 valence electrons. The van der Waals surface area contributed by atoms with Gasteiger partial charge in [0.05, 0.1) is 5.56 Å². The molecular formula is C21H26F3N5O4. The van der Waals surface area contributed by atoms with Gasteiger partial charge in [-0.3, -0.25) is 14.3 Å². The minimum Gasteiger partial charge on any atom is -0.454 e. The summed E-state index contributed by atoms with van der Waals surface area (Å²) >= 11 is 0. The molecule has 0 saturated heterocycles. The highest BCUT2D eigenvalue weighted by molar-refractivity contribution is 5.91. The topological polar surface area (TPSA) is 104 Å². The van der Waals surface area contributed by atoms with Gasteiger partial charge in [-0.1, -0.05) is 13.3 Å². The third-order valence-corrected chi connectivity index (χ3v) is 5.48. The van der Waals surface area contributed by atoms with Gasteiger partial charge in [0.15, 0.2) is 11.2 Å². The fraction of sp³-hybridized carbons (Fsp3) is 0.524. The van der Waals surface area contributed by atoms with E-state index in [4.69, 9.17) is 4.74 Å². The minimum atomic E-state index is -4.43. The lowest BCUT2D eigenvalue weighted by Gasteiger charge is -2.12. The van der Waals surface area contributed by atoms with Gasteiger partial charge in [0, 0.05) is 24.5 Å². The third kappa shape index (κ3) is 4.88. The Morgan fingerprint density at radius 3 is 2.45 bits per heavy atom. The molecular weight excluding hydrogens is 443 g/mol. The van der Waals surface area contributed by atoms with Crippen molar-refractivity contribution in [2.45, 2.75) is 73.0 Å². The Labute approximate surface area is 186 Å². The van der Waals surface area contributed by atoms with Crippen LogP contribution < -0.4 is 11.2 Å². The van der Waals surface area contributed by atoms with E-state index in [1.807, 2.05) is 6.92 Å². The number of aromatic amines is 1. The van der Waals surface area contributed by atoms with Crippen LogP contribution in [0.2, 0.25) is 0 Å². The summed E-state index contributed by atoms with van der Waals surface area (Å²) in [6, 6.07) is 1.35. The lowest BCUT2D eigenvalue weighted by molar-refractivity contribution is -0.141. The number of alkyl halides is 3. The number of imidazole rings is 1. The van der Waals surface area contributed by atoms with Crippen LogP contribution in [0.3, 0.4) is 0 Å². The summed E-state index contributed by atoms with van der Waals surface area (Å²) in [5.41, 5.74) is -0.315. The fourth-order valence-corrected chi connectivity index (χ4v) is 3.83. The minimum absolute atomic E-state index is 0.0219. The molecule has 1 N–H and O–H groups in total. The Morgan fingerprint density at radius 1 is 1.15 bits per heavy atom. The Kier molecular flexibility index (Phi) is 6.84. The number of ether oxygens (including phenoxy) is 1. The Morgan fingerprint density at radius 2 is 1.85 bits per heavy atom. The fourth-order valence-electron chi connectivity index (χ4n) is 3.83. The summed E-state index contributed by atoms with van der Waals surface area (Å²) in [5.74, 6) is -0.546. The first-order valence-corrected chi connectivity index (χ1v) is 10.6. The van der Waals surface area contributed by atoms with Gasteiger partial charge in [-0.15, -0.1) is 0 Å². The average molecular weight is 469 g/mol. The van der Waals surface area contributed by atoms with Crippen LogP contribution >= 0.6 is 0 Å². The van der Waals surface area contributed by atoms with E-state index in [1.165, 1.54) is 24.5 Å². The Balaban J connectivity index is 1.92. The number of halogens is 3. The van der Waals surface area contributed by atoms with E-state index in [-0.39, 0.29) is 40.5 Å². The summed E-state index contributed by atoms with van der Waals surface area (Å²) in [4.78, 5) is 44.0. The predicted octanol–water partition coefficient (Wildman–Crippen LogP) is 3.04. The number of unbranched alkanes of at least 4 members (excludes halogenated alkanes) is 1. The molecule has 0 aromatic carbocycles. The molecule has 0 aliphatic carbocycles. The van der Waals surface area contributed by atoms with Crippen molar-refractivity contribution in [1.29, 1.82) is 0 Å². The van der Waals surface area contributed by atoms with Gasteiger partial charge >= 0.3 is 17.8 Å². The molecule has 0 aliphatic heterocycles. The largest absolute Gasteiger partial charge is 0.454 e. The Bertz CT molecular complexity index is 1300. The molecule has 0 atom stereocenters. The molecule has 0 saturated carbocycles. The van der Waals surface area contributed by atoms with E-state index in [9.17, 15) is 27.6 Å². The lowest BCUT2D eigenvalue weighted by atomic mass is 10.2. The van der Waals surface area contributed by atoms with Gasteiger partial charge in [-0.05, 0) is 33.3 Å². The van der Waals surface area contributed by atoms with Gasteiger partial charge < -0.3 is 13.9 Å². The lowest BCUT2D eigenvalue weighted by Crippen LogP contribution is -2.31. The second-order valence-corrected chi connectivity index (χ2v) is 7.77. The number of esters is 1. The van der Waals surface area contributed by atoms with Crippen molar-refractivity contribution in [2.24, 2.45) is 0 Å². The molecule has 3 aromatic rings. The monoisotopic (exact) mass is 469 g/mol. The number of carbonyl (C=O) groups is 1. The highest BCUT2D eigenvalue weighted by Crippen LogP contribution is 2.24. The molecule has 0 bridgehead atoms. The van der Waals surface area contributed by atoms with Crippen molar-refractivity contribution in [3.63, 3.8) is 0 Å². The summed E-state index contributed by atoms with van der Waals surface area (Å²) in [7, 11) is 0. The predicted molar refractivity (Wildman–Crippen MR) is 114 cm³/mol. The standard InChI is InChI=1S/C21H26F3N5O4/c1-5-7-8-28-17-16(18(30)26-20(28)32)27(6-2)15(25-17)10-33-19(31)14-9-12(3)29(13(14)4)11-21(22,23)24/h9H,5-8,10-11H2,1-4H3,(H,26,30,32). The van der Waals surface area contributed by atoms with Crippen molar-refractivity contribution < 1.29 is 22.7 Å². The summed E-state index contributed by atoms with van der Waals surface area (Å²) in [6.45, 7) is 5.82. The highest BCUT2D eigenvalue weighted by atomic mass is 19.4. The molecule has 3 aromatic heterocycles. The van der Waals surface area contributed by atoms with Crippen molar-refractivity contribution in [2.75, 3.05) is 0 Å². The molecule has 33 heavy (non-hydrogen) atoms. The molecule has 0 aliphatic rings. The van der Waals surface area contributed by atoms with Gasteiger partial charge in [0.25, 0.3) is 5.56 Å². The smallest absolute Gasteiger partial charge is 0.406 e. The number of aromatic nitrogens is 5. The van der Waals surface area contributed by atoms with Crippen LogP contribution in [0.25, 0.3) is 11.2 Å². The molecule has 0 spiro atoms. The Hall–Kier alpha value is -3.31. The zero-order chi connectivity index (χ0) is 24.5. The summed E-state index contributed by atoms with van der Waals surface area (Å²) in [5, 5.41) is 0. The second kappa shape index (κ2) is 9.28. The molecule has 9 nitrogen and oxygen atoms in total. The normalized spacial score (nSPS) is 12.0. The molecule has 0 radical (unpaired) electrons. The number of nitrogens with zero attached hydrogens (tertiary/aromatic N) is 4.